The highest BCUT2D eigenvalue weighted by Gasteiger charge is 2.18. The number of hydrogen-bond acceptors (Lipinski definition) is 2. The van der Waals surface area contributed by atoms with Crippen molar-refractivity contribution in [2.75, 3.05) is 5.32 Å². The van der Waals surface area contributed by atoms with Crippen molar-refractivity contribution >= 4 is 34.8 Å². The molecule has 0 heterocycles. The van der Waals surface area contributed by atoms with Crippen molar-refractivity contribution < 1.29 is 9.53 Å². The van der Waals surface area contributed by atoms with Gasteiger partial charge in [0.05, 0.1) is 5.02 Å². The monoisotopic (exact) mass is 365 g/mol. The molecule has 0 spiro atoms. The number of halogens is 2. The van der Waals surface area contributed by atoms with E-state index in [9.17, 15) is 4.79 Å². The van der Waals surface area contributed by atoms with Gasteiger partial charge < -0.3 is 10.1 Å². The molecule has 0 aliphatic heterocycles. The first kappa shape index (κ1) is 18.6. The Morgan fingerprint density at radius 3 is 2.58 bits per heavy atom. The second-order valence-electron chi connectivity index (χ2n) is 5.72. The summed E-state index contributed by atoms with van der Waals surface area (Å²) in [5.41, 5.74) is 1.92. The molecule has 0 unspecified atom stereocenters. The smallest absolute Gasteiger partial charge is 0.265 e. The number of anilines is 1. The molecule has 1 amide bonds. The Bertz CT molecular complexity index is 718. The van der Waals surface area contributed by atoms with Gasteiger partial charge in [0.1, 0.15) is 5.75 Å². The van der Waals surface area contributed by atoms with E-state index >= 15 is 0 Å². The van der Waals surface area contributed by atoms with Crippen LogP contribution in [-0.4, -0.2) is 12.0 Å². The summed E-state index contributed by atoms with van der Waals surface area (Å²) in [6.45, 7) is 5.94. The van der Waals surface area contributed by atoms with E-state index in [-0.39, 0.29) is 5.91 Å². The molecule has 0 radical (unpaired) electrons. The number of amides is 1. The molecule has 0 aliphatic carbocycles. The number of para-hydroxylation sites is 1. The van der Waals surface area contributed by atoms with Gasteiger partial charge in [0, 0.05) is 16.8 Å². The van der Waals surface area contributed by atoms with Crippen molar-refractivity contribution in [3.8, 4) is 5.75 Å². The van der Waals surface area contributed by atoms with Gasteiger partial charge in [-0.05, 0) is 43.0 Å². The fourth-order valence-electron chi connectivity index (χ4n) is 2.31. The van der Waals surface area contributed by atoms with Crippen LogP contribution in [0.5, 0.6) is 5.75 Å². The third-order valence-corrected chi connectivity index (χ3v) is 4.48. The van der Waals surface area contributed by atoms with E-state index in [0.717, 1.165) is 17.7 Å². The van der Waals surface area contributed by atoms with Gasteiger partial charge in [-0.1, -0.05) is 55.2 Å². The SMILES string of the molecule is CC[C@H](C)c1ccccc1NC(=O)[C@H](C)Oc1cc(Cl)ccc1Cl. The zero-order chi connectivity index (χ0) is 17.7. The quantitative estimate of drug-likeness (QED) is 0.690. The number of carbonyl (C=O) groups is 1. The molecule has 24 heavy (non-hydrogen) atoms. The largest absolute Gasteiger partial charge is 0.479 e. The van der Waals surface area contributed by atoms with Crippen LogP contribution in [0.4, 0.5) is 5.69 Å². The van der Waals surface area contributed by atoms with Crippen LogP contribution in [0.1, 0.15) is 38.7 Å². The predicted molar refractivity (Wildman–Crippen MR) is 100 cm³/mol. The molecule has 0 saturated carbocycles. The molecule has 0 aromatic heterocycles. The highest BCUT2D eigenvalue weighted by Crippen LogP contribution is 2.29. The second kappa shape index (κ2) is 8.41. The van der Waals surface area contributed by atoms with Crippen LogP contribution in [0.15, 0.2) is 42.5 Å². The van der Waals surface area contributed by atoms with Crippen LogP contribution in [0.25, 0.3) is 0 Å². The Kier molecular flexibility index (Phi) is 6.52. The van der Waals surface area contributed by atoms with Crippen molar-refractivity contribution in [2.45, 2.75) is 39.2 Å². The van der Waals surface area contributed by atoms with E-state index in [1.54, 1.807) is 25.1 Å². The molecule has 5 heteroatoms. The van der Waals surface area contributed by atoms with Crippen LogP contribution < -0.4 is 10.1 Å². The maximum Gasteiger partial charge on any atom is 0.265 e. The number of ether oxygens (including phenoxy) is 1. The lowest BCUT2D eigenvalue weighted by atomic mass is 9.97. The molecule has 2 aromatic carbocycles. The molecule has 3 nitrogen and oxygen atoms in total. The standard InChI is InChI=1S/C19H21Cl2NO2/c1-4-12(2)15-7-5-6-8-17(15)22-19(23)13(3)24-18-11-14(20)9-10-16(18)21/h5-13H,4H2,1-3H3,(H,22,23)/t12-,13-/m0/s1. The Balaban J connectivity index is 2.11. The zero-order valence-corrected chi connectivity index (χ0v) is 15.5. The van der Waals surface area contributed by atoms with Gasteiger partial charge in [0.2, 0.25) is 0 Å². The number of benzene rings is 2. The molecule has 128 valence electrons. The third kappa shape index (κ3) is 4.65. The first-order valence-electron chi connectivity index (χ1n) is 7.93. The van der Waals surface area contributed by atoms with Crippen LogP contribution in [0.3, 0.4) is 0 Å². The minimum absolute atomic E-state index is 0.234. The number of rotatable bonds is 6. The fourth-order valence-corrected chi connectivity index (χ4v) is 2.63. The lowest BCUT2D eigenvalue weighted by Crippen LogP contribution is -2.30. The molecular weight excluding hydrogens is 345 g/mol. The highest BCUT2D eigenvalue weighted by molar-refractivity contribution is 6.34. The Morgan fingerprint density at radius 1 is 1.17 bits per heavy atom. The Morgan fingerprint density at radius 2 is 1.88 bits per heavy atom. The minimum atomic E-state index is -0.703. The lowest BCUT2D eigenvalue weighted by molar-refractivity contribution is -0.122. The molecule has 0 fully saturated rings. The fraction of sp³-hybridized carbons (Fsp3) is 0.316. The number of carbonyl (C=O) groups excluding carboxylic acids is 1. The topological polar surface area (TPSA) is 38.3 Å². The number of hydrogen-bond donors (Lipinski definition) is 1. The summed E-state index contributed by atoms with van der Waals surface area (Å²) in [6, 6.07) is 12.7. The van der Waals surface area contributed by atoms with E-state index in [4.69, 9.17) is 27.9 Å². The predicted octanol–water partition coefficient (Wildman–Crippen LogP) is 5.91. The van der Waals surface area contributed by atoms with E-state index in [1.165, 1.54) is 0 Å². The Labute approximate surface area is 152 Å². The second-order valence-corrected chi connectivity index (χ2v) is 6.56. The minimum Gasteiger partial charge on any atom is -0.479 e. The van der Waals surface area contributed by atoms with Crippen LogP contribution in [0.2, 0.25) is 10.0 Å². The summed E-state index contributed by atoms with van der Waals surface area (Å²) in [6.07, 6.45) is 0.294. The van der Waals surface area contributed by atoms with Crippen molar-refractivity contribution in [3.63, 3.8) is 0 Å². The lowest BCUT2D eigenvalue weighted by Gasteiger charge is -2.19. The molecular formula is C19H21Cl2NO2. The molecule has 0 aliphatic rings. The van der Waals surface area contributed by atoms with Gasteiger partial charge in [0.25, 0.3) is 5.91 Å². The normalized spacial score (nSPS) is 13.2. The molecule has 0 bridgehead atoms. The summed E-state index contributed by atoms with van der Waals surface area (Å²) in [7, 11) is 0. The first-order chi connectivity index (χ1) is 11.4. The maximum atomic E-state index is 12.5. The van der Waals surface area contributed by atoms with Gasteiger partial charge in [-0.25, -0.2) is 0 Å². The molecule has 0 saturated heterocycles. The molecule has 1 N–H and O–H groups in total. The summed E-state index contributed by atoms with van der Waals surface area (Å²) in [4.78, 5) is 12.5. The molecule has 2 rings (SSSR count). The molecule has 2 aromatic rings. The maximum absolute atomic E-state index is 12.5. The average molecular weight is 366 g/mol. The van der Waals surface area contributed by atoms with Gasteiger partial charge in [0.15, 0.2) is 6.10 Å². The van der Waals surface area contributed by atoms with Gasteiger partial charge in [-0.15, -0.1) is 0 Å². The average Bonchev–Trinajstić information content (AvgIpc) is 2.57. The zero-order valence-electron chi connectivity index (χ0n) is 14.0. The third-order valence-electron chi connectivity index (χ3n) is 3.93. The summed E-state index contributed by atoms with van der Waals surface area (Å²) < 4.78 is 5.66. The highest BCUT2D eigenvalue weighted by atomic mass is 35.5. The van der Waals surface area contributed by atoms with Crippen molar-refractivity contribution in [1.29, 1.82) is 0 Å². The van der Waals surface area contributed by atoms with Crippen molar-refractivity contribution in [2.24, 2.45) is 0 Å². The first-order valence-corrected chi connectivity index (χ1v) is 8.69. The van der Waals surface area contributed by atoms with Crippen molar-refractivity contribution in [3.05, 3.63) is 58.1 Å². The Hall–Kier alpha value is -1.71. The van der Waals surface area contributed by atoms with E-state index in [1.807, 2.05) is 24.3 Å². The van der Waals surface area contributed by atoms with Crippen LogP contribution >= 0.6 is 23.2 Å². The van der Waals surface area contributed by atoms with Gasteiger partial charge >= 0.3 is 0 Å². The van der Waals surface area contributed by atoms with Crippen LogP contribution in [-0.2, 0) is 4.79 Å². The van der Waals surface area contributed by atoms with Crippen molar-refractivity contribution in [1.82, 2.24) is 0 Å². The molecule has 2 atom stereocenters. The van der Waals surface area contributed by atoms with Gasteiger partial charge in [-0.3, -0.25) is 4.79 Å². The van der Waals surface area contributed by atoms with E-state index < -0.39 is 6.10 Å². The van der Waals surface area contributed by atoms with Crippen LogP contribution in [0, 0.1) is 0 Å². The van der Waals surface area contributed by atoms with Gasteiger partial charge in [-0.2, -0.15) is 0 Å². The summed E-state index contributed by atoms with van der Waals surface area (Å²) in [5, 5.41) is 3.86. The van der Waals surface area contributed by atoms with E-state index in [0.29, 0.717) is 21.7 Å². The summed E-state index contributed by atoms with van der Waals surface area (Å²) >= 11 is 12.0. The summed E-state index contributed by atoms with van der Waals surface area (Å²) in [5.74, 6) is 0.518. The van der Waals surface area contributed by atoms with E-state index in [2.05, 4.69) is 19.2 Å². The number of nitrogens with one attached hydrogen (secondary N) is 1.